The first-order chi connectivity index (χ1) is 8.74. The second-order valence-electron chi connectivity index (χ2n) is 4.11. The molecule has 0 aliphatic heterocycles. The molecule has 0 saturated heterocycles. The molecule has 0 aliphatic rings. The number of amidine groups is 1. The van der Waals surface area contributed by atoms with Gasteiger partial charge in [0.2, 0.25) is 0 Å². The van der Waals surface area contributed by atoms with Crippen molar-refractivity contribution in [1.29, 1.82) is 5.41 Å². The minimum atomic E-state index is 0.0908. The number of unbranched alkanes of at least 4 members (excludes halogenated alkanes) is 2. The highest BCUT2D eigenvalue weighted by molar-refractivity contribution is 7.99. The zero-order valence-corrected chi connectivity index (χ0v) is 11.8. The summed E-state index contributed by atoms with van der Waals surface area (Å²) in [7, 11) is 0. The highest BCUT2D eigenvalue weighted by Gasteiger charge is 1.97. The van der Waals surface area contributed by atoms with Crippen molar-refractivity contribution in [3.05, 3.63) is 29.8 Å². The van der Waals surface area contributed by atoms with E-state index in [1.54, 1.807) is 0 Å². The Morgan fingerprint density at radius 2 is 1.94 bits per heavy atom. The van der Waals surface area contributed by atoms with Crippen molar-refractivity contribution < 1.29 is 4.74 Å². The summed E-state index contributed by atoms with van der Waals surface area (Å²) in [4.78, 5) is 0. The van der Waals surface area contributed by atoms with Gasteiger partial charge >= 0.3 is 0 Å². The molecule has 0 bridgehead atoms. The Morgan fingerprint density at radius 3 is 2.56 bits per heavy atom. The lowest BCUT2D eigenvalue weighted by atomic mass is 10.2. The van der Waals surface area contributed by atoms with Gasteiger partial charge in [-0.1, -0.05) is 19.8 Å². The summed E-state index contributed by atoms with van der Waals surface area (Å²) < 4.78 is 5.62. The first-order valence-corrected chi connectivity index (χ1v) is 7.54. The molecule has 1 rings (SSSR count). The molecule has 0 radical (unpaired) electrons. The van der Waals surface area contributed by atoms with E-state index in [-0.39, 0.29) is 5.84 Å². The largest absolute Gasteiger partial charge is 0.493 e. The minimum Gasteiger partial charge on any atom is -0.493 e. The number of hydrogen-bond donors (Lipinski definition) is 2. The summed E-state index contributed by atoms with van der Waals surface area (Å²) in [6.07, 6.45) is 3.90. The lowest BCUT2D eigenvalue weighted by Crippen LogP contribution is -2.10. The first kappa shape index (κ1) is 14.9. The van der Waals surface area contributed by atoms with E-state index < -0.39 is 0 Å². The number of hydrogen-bond acceptors (Lipinski definition) is 3. The van der Waals surface area contributed by atoms with Crippen molar-refractivity contribution in [2.45, 2.75) is 26.2 Å². The molecule has 0 heterocycles. The Morgan fingerprint density at radius 1 is 1.22 bits per heavy atom. The lowest BCUT2D eigenvalue weighted by molar-refractivity contribution is 0.344. The second kappa shape index (κ2) is 8.86. The maximum atomic E-state index is 7.29. The fourth-order valence-electron chi connectivity index (χ4n) is 1.51. The van der Waals surface area contributed by atoms with Gasteiger partial charge in [0.15, 0.2) is 0 Å². The van der Waals surface area contributed by atoms with Crippen molar-refractivity contribution in [3.8, 4) is 5.75 Å². The molecule has 0 saturated carbocycles. The average Bonchev–Trinajstić information content (AvgIpc) is 2.38. The quantitative estimate of drug-likeness (QED) is 0.410. The number of thioether (sulfide) groups is 1. The zero-order chi connectivity index (χ0) is 13.2. The molecular weight excluding hydrogens is 244 g/mol. The van der Waals surface area contributed by atoms with Crippen LogP contribution in [0.15, 0.2) is 24.3 Å². The Labute approximate surface area is 114 Å². The molecule has 100 valence electrons. The molecular formula is C14H22N2OS. The summed E-state index contributed by atoms with van der Waals surface area (Å²) in [5.41, 5.74) is 6.12. The van der Waals surface area contributed by atoms with Gasteiger partial charge < -0.3 is 10.5 Å². The molecule has 3 nitrogen and oxygen atoms in total. The normalized spacial score (nSPS) is 10.3. The molecule has 0 fully saturated rings. The van der Waals surface area contributed by atoms with Gasteiger partial charge in [-0.15, -0.1) is 0 Å². The van der Waals surface area contributed by atoms with E-state index in [9.17, 15) is 0 Å². The van der Waals surface area contributed by atoms with E-state index in [0.29, 0.717) is 0 Å². The van der Waals surface area contributed by atoms with Gasteiger partial charge in [0.25, 0.3) is 0 Å². The number of nitrogen functional groups attached to an aromatic ring is 1. The van der Waals surface area contributed by atoms with Gasteiger partial charge in [0.1, 0.15) is 11.6 Å². The van der Waals surface area contributed by atoms with Crippen LogP contribution in [0.1, 0.15) is 31.7 Å². The third-order valence-corrected chi connectivity index (χ3v) is 3.59. The summed E-state index contributed by atoms with van der Waals surface area (Å²) in [5, 5.41) is 7.29. The summed E-state index contributed by atoms with van der Waals surface area (Å²) in [5.74, 6) is 3.18. The molecule has 0 aliphatic carbocycles. The highest BCUT2D eigenvalue weighted by atomic mass is 32.2. The highest BCUT2D eigenvalue weighted by Crippen LogP contribution is 2.13. The molecule has 0 amide bonds. The SMILES string of the molecule is CCCCCSCCOc1ccc(C(=N)N)cc1. The van der Waals surface area contributed by atoms with Crippen molar-refractivity contribution >= 4 is 17.6 Å². The van der Waals surface area contributed by atoms with E-state index in [0.717, 1.165) is 23.7 Å². The fourth-order valence-corrected chi connectivity index (χ4v) is 2.32. The number of benzene rings is 1. The van der Waals surface area contributed by atoms with Crippen molar-refractivity contribution in [1.82, 2.24) is 0 Å². The van der Waals surface area contributed by atoms with Crippen LogP contribution in [0.3, 0.4) is 0 Å². The van der Waals surface area contributed by atoms with Gasteiger partial charge in [-0.2, -0.15) is 11.8 Å². The third-order valence-electron chi connectivity index (χ3n) is 2.55. The molecule has 3 N–H and O–H groups in total. The number of ether oxygens (including phenoxy) is 1. The van der Waals surface area contributed by atoms with Crippen LogP contribution >= 0.6 is 11.8 Å². The smallest absolute Gasteiger partial charge is 0.122 e. The van der Waals surface area contributed by atoms with Crippen LogP contribution in [-0.2, 0) is 0 Å². The Bertz CT molecular complexity index is 351. The predicted octanol–water partition coefficient (Wildman–Crippen LogP) is 3.27. The Hall–Kier alpha value is -1.16. The number of nitrogens with two attached hydrogens (primary N) is 1. The van der Waals surface area contributed by atoms with Crippen molar-refractivity contribution in [2.24, 2.45) is 5.73 Å². The molecule has 0 unspecified atom stereocenters. The Kier molecular flexibility index (Phi) is 7.34. The molecule has 4 heteroatoms. The topological polar surface area (TPSA) is 59.1 Å². The van der Waals surface area contributed by atoms with Gasteiger partial charge in [-0.3, -0.25) is 5.41 Å². The maximum absolute atomic E-state index is 7.29. The monoisotopic (exact) mass is 266 g/mol. The van der Waals surface area contributed by atoms with Crippen LogP contribution in [0.25, 0.3) is 0 Å². The lowest BCUT2D eigenvalue weighted by Gasteiger charge is -2.06. The molecule has 0 spiro atoms. The van der Waals surface area contributed by atoms with Gasteiger partial charge in [0, 0.05) is 11.3 Å². The predicted molar refractivity (Wildman–Crippen MR) is 79.8 cm³/mol. The van der Waals surface area contributed by atoms with E-state index in [1.807, 2.05) is 36.0 Å². The molecule has 1 aromatic rings. The van der Waals surface area contributed by atoms with E-state index >= 15 is 0 Å². The zero-order valence-electron chi connectivity index (χ0n) is 10.9. The van der Waals surface area contributed by atoms with E-state index in [4.69, 9.17) is 15.9 Å². The average molecular weight is 266 g/mol. The van der Waals surface area contributed by atoms with Crippen LogP contribution in [0, 0.1) is 5.41 Å². The second-order valence-corrected chi connectivity index (χ2v) is 5.33. The van der Waals surface area contributed by atoms with E-state index in [1.165, 1.54) is 25.0 Å². The van der Waals surface area contributed by atoms with Crippen molar-refractivity contribution in [3.63, 3.8) is 0 Å². The van der Waals surface area contributed by atoms with Gasteiger partial charge in [0.05, 0.1) is 6.61 Å². The van der Waals surface area contributed by atoms with Crippen LogP contribution in [0.4, 0.5) is 0 Å². The van der Waals surface area contributed by atoms with Crippen LogP contribution in [0.5, 0.6) is 5.75 Å². The van der Waals surface area contributed by atoms with Gasteiger partial charge in [-0.05, 0) is 36.4 Å². The van der Waals surface area contributed by atoms with Crippen molar-refractivity contribution in [2.75, 3.05) is 18.1 Å². The molecule has 0 aromatic heterocycles. The number of rotatable bonds is 9. The first-order valence-electron chi connectivity index (χ1n) is 6.39. The summed E-state index contributed by atoms with van der Waals surface area (Å²) in [6, 6.07) is 7.34. The van der Waals surface area contributed by atoms with Crippen LogP contribution in [0.2, 0.25) is 0 Å². The maximum Gasteiger partial charge on any atom is 0.122 e. The molecule has 18 heavy (non-hydrogen) atoms. The minimum absolute atomic E-state index is 0.0908. The van der Waals surface area contributed by atoms with Gasteiger partial charge in [-0.25, -0.2) is 0 Å². The Balaban J connectivity index is 2.14. The molecule has 0 atom stereocenters. The standard InChI is InChI=1S/C14H22N2OS/c1-2-3-4-10-18-11-9-17-13-7-5-12(6-8-13)14(15)16/h5-8H,2-4,9-11H2,1H3,(H3,15,16). The summed E-state index contributed by atoms with van der Waals surface area (Å²) >= 11 is 1.94. The van der Waals surface area contributed by atoms with Crippen LogP contribution in [-0.4, -0.2) is 23.9 Å². The molecule has 1 aromatic carbocycles. The van der Waals surface area contributed by atoms with E-state index in [2.05, 4.69) is 6.92 Å². The van der Waals surface area contributed by atoms with Crippen LogP contribution < -0.4 is 10.5 Å². The summed E-state index contributed by atoms with van der Waals surface area (Å²) in [6.45, 7) is 2.95. The third kappa shape index (κ3) is 5.96. The number of nitrogens with one attached hydrogen (secondary N) is 1. The fraction of sp³-hybridized carbons (Fsp3) is 0.500.